The quantitative estimate of drug-likeness (QED) is 0.384. The van der Waals surface area contributed by atoms with Crippen molar-refractivity contribution in [3.8, 4) is 0 Å². The molecule has 1 unspecified atom stereocenters. The van der Waals surface area contributed by atoms with Gasteiger partial charge in [-0.05, 0) is 73.0 Å². The summed E-state index contributed by atoms with van der Waals surface area (Å²) in [6, 6.07) is 18.8. The standard InChI is InChI=1S/C24H24ClNO5S.Na.H/c1-16(26-15-23(27)18-4-8-20(25)9-5-18)14-17-2-10-21(11-3-17)32(30,31)22-12-6-19(7-13-22)24(28)29;;/h2-13,16,23,26-27H,14-15H2,1H3,(H,28,29);;/q;+1;-1/t16?,23-;;/m1../s1. The Labute approximate surface area is 222 Å². The monoisotopic (exact) mass is 497 g/mol. The number of halogens is 1. The molecule has 3 aromatic rings. The van der Waals surface area contributed by atoms with Gasteiger partial charge in [0.2, 0.25) is 9.84 Å². The van der Waals surface area contributed by atoms with Crippen LogP contribution in [0.3, 0.4) is 0 Å². The van der Waals surface area contributed by atoms with Gasteiger partial charge >= 0.3 is 35.5 Å². The number of aliphatic hydroxyl groups excluding tert-OH is 1. The van der Waals surface area contributed by atoms with Crippen molar-refractivity contribution >= 4 is 27.4 Å². The molecule has 6 nitrogen and oxygen atoms in total. The minimum atomic E-state index is -3.73. The largest absolute Gasteiger partial charge is 1.00 e. The van der Waals surface area contributed by atoms with Crippen molar-refractivity contribution in [1.82, 2.24) is 5.32 Å². The van der Waals surface area contributed by atoms with Gasteiger partial charge in [-0.1, -0.05) is 35.9 Å². The molecule has 0 fully saturated rings. The van der Waals surface area contributed by atoms with E-state index in [2.05, 4.69) is 5.32 Å². The fourth-order valence-corrected chi connectivity index (χ4v) is 4.65. The second kappa shape index (κ2) is 12.1. The Morgan fingerprint density at radius 1 is 0.970 bits per heavy atom. The molecule has 170 valence electrons. The molecule has 0 amide bonds. The van der Waals surface area contributed by atoms with Crippen LogP contribution in [0.25, 0.3) is 0 Å². The van der Waals surface area contributed by atoms with Crippen molar-refractivity contribution in [1.29, 1.82) is 0 Å². The molecule has 0 saturated carbocycles. The molecule has 3 rings (SSSR count). The summed E-state index contributed by atoms with van der Waals surface area (Å²) in [5, 5.41) is 23.2. The van der Waals surface area contributed by atoms with E-state index in [9.17, 15) is 18.3 Å². The van der Waals surface area contributed by atoms with E-state index in [1.165, 1.54) is 24.3 Å². The third-order valence-corrected chi connectivity index (χ3v) is 7.14. The van der Waals surface area contributed by atoms with E-state index < -0.39 is 21.9 Å². The van der Waals surface area contributed by atoms with Gasteiger partial charge in [0.15, 0.2) is 0 Å². The van der Waals surface area contributed by atoms with E-state index >= 15 is 0 Å². The number of carboxylic acids is 1. The van der Waals surface area contributed by atoms with E-state index in [-0.39, 0.29) is 52.4 Å². The van der Waals surface area contributed by atoms with Gasteiger partial charge in [0.05, 0.1) is 21.5 Å². The molecule has 0 heterocycles. The molecule has 0 aromatic heterocycles. The third-order valence-electron chi connectivity index (χ3n) is 5.10. The molecule has 0 aliphatic rings. The number of sulfone groups is 1. The van der Waals surface area contributed by atoms with Gasteiger partial charge in [-0.15, -0.1) is 0 Å². The van der Waals surface area contributed by atoms with Gasteiger partial charge in [-0.3, -0.25) is 0 Å². The average molecular weight is 498 g/mol. The smallest absolute Gasteiger partial charge is 1.00 e. The third kappa shape index (κ3) is 7.39. The van der Waals surface area contributed by atoms with Crippen molar-refractivity contribution in [2.45, 2.75) is 35.3 Å². The number of benzene rings is 3. The number of carbonyl (C=O) groups is 1. The number of aliphatic hydroxyl groups is 1. The minimum absolute atomic E-state index is 0. The van der Waals surface area contributed by atoms with Crippen LogP contribution >= 0.6 is 11.6 Å². The topological polar surface area (TPSA) is 104 Å². The van der Waals surface area contributed by atoms with Crippen LogP contribution in [0.5, 0.6) is 0 Å². The molecule has 0 radical (unpaired) electrons. The van der Waals surface area contributed by atoms with Gasteiger partial charge < -0.3 is 17.0 Å². The Hall–Kier alpha value is -1.71. The predicted molar refractivity (Wildman–Crippen MR) is 124 cm³/mol. The van der Waals surface area contributed by atoms with E-state index in [0.717, 1.165) is 11.1 Å². The van der Waals surface area contributed by atoms with Crippen LogP contribution in [0.15, 0.2) is 82.6 Å². The predicted octanol–water partition coefficient (Wildman–Crippen LogP) is 1.24. The van der Waals surface area contributed by atoms with Crippen LogP contribution in [-0.2, 0) is 16.3 Å². The first kappa shape index (κ1) is 27.5. The molecular formula is C24H25ClNNaO5S. The molecule has 0 aliphatic heterocycles. The van der Waals surface area contributed by atoms with Gasteiger partial charge in [0.25, 0.3) is 0 Å². The second-order valence-corrected chi connectivity index (χ2v) is 9.94. The maximum absolute atomic E-state index is 12.8. The number of carboxylic acid groups (broad SMARTS) is 1. The molecule has 33 heavy (non-hydrogen) atoms. The Morgan fingerprint density at radius 3 is 2.00 bits per heavy atom. The molecule has 0 bridgehead atoms. The Morgan fingerprint density at radius 2 is 1.48 bits per heavy atom. The molecule has 9 heteroatoms. The summed E-state index contributed by atoms with van der Waals surface area (Å²) in [6.07, 6.45) is -0.00389. The second-order valence-electron chi connectivity index (χ2n) is 7.56. The summed E-state index contributed by atoms with van der Waals surface area (Å²) in [5.41, 5.74) is 1.76. The summed E-state index contributed by atoms with van der Waals surface area (Å²) in [5.74, 6) is -1.11. The van der Waals surface area contributed by atoms with Crippen LogP contribution in [0, 0.1) is 0 Å². The SMILES string of the molecule is CC(Cc1ccc(S(=O)(=O)c2ccc(C(=O)O)cc2)cc1)NC[C@@H](O)c1ccc(Cl)cc1.[H-].[Na+]. The summed E-state index contributed by atoms with van der Waals surface area (Å²) in [6.45, 7) is 2.37. The van der Waals surface area contributed by atoms with Crippen molar-refractivity contribution in [2.75, 3.05) is 6.54 Å². The van der Waals surface area contributed by atoms with E-state index in [1.807, 2.05) is 6.92 Å². The van der Waals surface area contributed by atoms with Crippen molar-refractivity contribution in [3.05, 3.63) is 94.5 Å². The fourth-order valence-electron chi connectivity index (χ4n) is 3.26. The maximum atomic E-state index is 12.8. The van der Waals surface area contributed by atoms with Crippen LogP contribution in [0.4, 0.5) is 0 Å². The van der Waals surface area contributed by atoms with Gasteiger partial charge in [0, 0.05) is 17.6 Å². The summed E-state index contributed by atoms with van der Waals surface area (Å²) >= 11 is 5.87. The normalized spacial score (nSPS) is 13.1. The molecule has 0 saturated heterocycles. The number of hydrogen-bond acceptors (Lipinski definition) is 5. The maximum Gasteiger partial charge on any atom is 1.00 e. The summed E-state index contributed by atoms with van der Waals surface area (Å²) in [4.78, 5) is 11.1. The molecule has 0 spiro atoms. The molecule has 0 aliphatic carbocycles. The molecular weight excluding hydrogens is 473 g/mol. The Bertz CT molecular complexity index is 1170. The summed E-state index contributed by atoms with van der Waals surface area (Å²) in [7, 11) is -3.73. The van der Waals surface area contributed by atoms with Crippen LogP contribution in [0.2, 0.25) is 5.02 Å². The summed E-state index contributed by atoms with van der Waals surface area (Å²) < 4.78 is 25.6. The van der Waals surface area contributed by atoms with Crippen molar-refractivity contribution in [2.24, 2.45) is 0 Å². The first-order valence-corrected chi connectivity index (χ1v) is 11.9. The molecule has 2 atom stereocenters. The number of aromatic carboxylic acids is 1. The minimum Gasteiger partial charge on any atom is -1.00 e. The first-order valence-electron chi connectivity index (χ1n) is 10.0. The number of nitrogens with one attached hydrogen (secondary N) is 1. The fraction of sp³-hybridized carbons (Fsp3) is 0.208. The van der Waals surface area contributed by atoms with Gasteiger partial charge in [0.1, 0.15) is 0 Å². The van der Waals surface area contributed by atoms with Gasteiger partial charge in [-0.2, -0.15) is 0 Å². The first-order chi connectivity index (χ1) is 15.2. The van der Waals surface area contributed by atoms with E-state index in [0.29, 0.717) is 18.0 Å². The molecule has 3 N–H and O–H groups in total. The number of hydrogen-bond donors (Lipinski definition) is 3. The van der Waals surface area contributed by atoms with E-state index in [4.69, 9.17) is 16.7 Å². The number of rotatable bonds is 9. The van der Waals surface area contributed by atoms with Crippen LogP contribution in [0.1, 0.15) is 35.9 Å². The zero-order valence-corrected chi connectivity index (χ0v) is 22.0. The Balaban J connectivity index is 0.00000289. The Kier molecular flexibility index (Phi) is 10.1. The zero-order valence-electron chi connectivity index (χ0n) is 19.4. The molecule has 3 aromatic carbocycles. The van der Waals surface area contributed by atoms with Crippen LogP contribution in [-0.4, -0.2) is 37.2 Å². The van der Waals surface area contributed by atoms with E-state index in [1.54, 1.807) is 48.5 Å². The zero-order chi connectivity index (χ0) is 23.3. The van der Waals surface area contributed by atoms with Crippen LogP contribution < -0.4 is 34.9 Å². The van der Waals surface area contributed by atoms with Crippen molar-refractivity contribution in [3.63, 3.8) is 0 Å². The average Bonchev–Trinajstić information content (AvgIpc) is 2.78. The van der Waals surface area contributed by atoms with Crippen molar-refractivity contribution < 1.29 is 54.4 Å². The van der Waals surface area contributed by atoms with Gasteiger partial charge in [-0.25, -0.2) is 13.2 Å².